The number of sulfonamides is 1. The maximum absolute atomic E-state index is 13.7. The first kappa shape index (κ1) is 32.4. The Labute approximate surface area is 272 Å². The summed E-state index contributed by atoms with van der Waals surface area (Å²) in [4.78, 5) is 16.0. The molecule has 0 saturated heterocycles. The monoisotopic (exact) mass is 656 g/mol. The van der Waals surface area contributed by atoms with E-state index in [1.807, 2.05) is 26.0 Å². The third-order valence-corrected chi connectivity index (χ3v) is 12.4. The first-order valence-corrected chi connectivity index (χ1v) is 18.2. The van der Waals surface area contributed by atoms with Crippen LogP contribution in [-0.4, -0.2) is 63.7 Å². The van der Waals surface area contributed by atoms with Crippen LogP contribution in [0.15, 0.2) is 48.6 Å². The van der Waals surface area contributed by atoms with Crippen molar-refractivity contribution in [3.05, 3.63) is 70.3 Å². The van der Waals surface area contributed by atoms with Gasteiger partial charge in [-0.3, -0.25) is 4.79 Å². The molecule has 2 aromatic rings. The van der Waals surface area contributed by atoms with Gasteiger partial charge >= 0.3 is 0 Å². The molecule has 6 rings (SSSR count). The van der Waals surface area contributed by atoms with E-state index in [2.05, 4.69) is 21.8 Å². The predicted molar refractivity (Wildman–Crippen MR) is 177 cm³/mol. The number of hydrogen-bond acceptors (Lipinski definition) is 7. The number of fused-ring (bicyclic) bond motifs is 4. The van der Waals surface area contributed by atoms with Crippen LogP contribution in [0.25, 0.3) is 0 Å². The summed E-state index contributed by atoms with van der Waals surface area (Å²) in [6.45, 7) is 5.76. The van der Waals surface area contributed by atoms with Gasteiger partial charge in [0.05, 0.1) is 24.5 Å². The van der Waals surface area contributed by atoms with Gasteiger partial charge in [-0.15, -0.1) is 0 Å². The molecule has 8 nitrogen and oxygen atoms in total. The largest absolute Gasteiger partial charge is 0.490 e. The second-order valence-electron chi connectivity index (χ2n) is 13.9. The molecule has 2 heterocycles. The van der Waals surface area contributed by atoms with Gasteiger partial charge < -0.3 is 19.5 Å². The van der Waals surface area contributed by atoms with Crippen LogP contribution >= 0.6 is 11.6 Å². The molecule has 0 radical (unpaired) electrons. The average molecular weight is 657 g/mol. The van der Waals surface area contributed by atoms with Crippen molar-refractivity contribution in [3.63, 3.8) is 0 Å². The van der Waals surface area contributed by atoms with E-state index >= 15 is 0 Å². The van der Waals surface area contributed by atoms with E-state index in [1.54, 1.807) is 24.3 Å². The van der Waals surface area contributed by atoms with E-state index in [-0.39, 0.29) is 28.7 Å². The van der Waals surface area contributed by atoms with Gasteiger partial charge in [0.15, 0.2) is 0 Å². The fourth-order valence-corrected chi connectivity index (χ4v) is 9.89. The Hall–Kier alpha value is -2.59. The number of nitrogens with zero attached hydrogens (tertiary/aromatic N) is 1. The van der Waals surface area contributed by atoms with Crippen molar-refractivity contribution in [1.82, 2.24) is 4.72 Å². The molecular weight excluding hydrogens is 612 g/mol. The summed E-state index contributed by atoms with van der Waals surface area (Å²) in [5, 5.41) is 11.1. The second-order valence-corrected chi connectivity index (χ2v) is 16.2. The Kier molecular flexibility index (Phi) is 9.27. The Morgan fingerprint density at radius 3 is 2.76 bits per heavy atom. The van der Waals surface area contributed by atoms with Crippen LogP contribution in [0.1, 0.15) is 73.9 Å². The van der Waals surface area contributed by atoms with Crippen LogP contribution in [0.3, 0.4) is 0 Å². The van der Waals surface area contributed by atoms with Gasteiger partial charge in [0.1, 0.15) is 11.0 Å². The molecule has 2 aromatic carbocycles. The van der Waals surface area contributed by atoms with E-state index in [4.69, 9.17) is 21.1 Å². The van der Waals surface area contributed by atoms with Crippen LogP contribution in [0.4, 0.5) is 5.69 Å². The molecule has 4 aliphatic rings. The lowest BCUT2D eigenvalue weighted by molar-refractivity contribution is 0.0451. The van der Waals surface area contributed by atoms with Crippen LogP contribution in [-0.2, 0) is 26.6 Å². The van der Waals surface area contributed by atoms with Gasteiger partial charge in [-0.05, 0) is 104 Å². The molecule has 244 valence electrons. The van der Waals surface area contributed by atoms with E-state index in [9.17, 15) is 18.3 Å². The maximum Gasteiger partial charge on any atom is 0.264 e. The smallest absolute Gasteiger partial charge is 0.264 e. The molecule has 2 bridgehead atoms. The van der Waals surface area contributed by atoms with Crippen molar-refractivity contribution in [2.75, 3.05) is 31.7 Å². The number of halogens is 1. The molecule has 2 aliphatic heterocycles. The number of aliphatic hydroxyl groups excluding tert-OH is 1. The lowest BCUT2D eigenvalue weighted by Crippen LogP contribution is -2.49. The number of ether oxygens (including phenoxy) is 2. The molecule has 0 unspecified atom stereocenters. The number of hydrogen-bond donors (Lipinski definition) is 2. The van der Waals surface area contributed by atoms with Crippen molar-refractivity contribution in [2.45, 2.75) is 81.7 Å². The van der Waals surface area contributed by atoms with Crippen LogP contribution in [0.5, 0.6) is 5.75 Å². The van der Waals surface area contributed by atoms with Gasteiger partial charge in [0, 0.05) is 36.2 Å². The average Bonchev–Trinajstić information content (AvgIpc) is 3.12. The molecule has 1 fully saturated rings. The SMILES string of the molecule is CO[C@H]1C/C=C/[C@H](O)[C@@H]2CC[C@H]2CN2C[C@@]3(CCCc4cc(Cl)ccc43)COc3ccc(cc32)C(=O)NS(=O)(=O)[C@@H]1CC(C)C. The fraction of sp³-hybridized carbons (Fsp3) is 0.571. The first-order valence-electron chi connectivity index (χ1n) is 16.2. The minimum Gasteiger partial charge on any atom is -0.490 e. The van der Waals surface area contributed by atoms with E-state index in [0.29, 0.717) is 38.3 Å². The summed E-state index contributed by atoms with van der Waals surface area (Å²) in [7, 11) is -2.61. The Morgan fingerprint density at radius 2 is 2.02 bits per heavy atom. The van der Waals surface area contributed by atoms with Gasteiger partial charge in [-0.2, -0.15) is 0 Å². The standard InChI is InChI=1S/C35H45ClN2O6S/c1-22(2)16-33-32(43-3)8-4-7-30(39)27-12-9-25(27)19-38-20-35(15-5-6-23-17-26(36)11-13-28(23)35)21-44-31-14-10-24(18-29(31)38)34(40)37-45(33,41)42/h4,7,10-11,13-14,17-18,22,25,27,30,32-33,39H,5-6,8-9,12,15-16,19-21H2,1-3H3,(H,37,40)/b7-4+/t25-,27+,30-,32-,33+,35-/m0/s1. The number of carbonyl (C=O) groups excluding carboxylic acids is 1. The minimum absolute atomic E-state index is 0.0571. The molecule has 10 heteroatoms. The number of anilines is 1. The fourth-order valence-electron chi connectivity index (χ4n) is 7.91. The zero-order valence-electron chi connectivity index (χ0n) is 26.4. The third-order valence-electron chi connectivity index (χ3n) is 10.4. The molecule has 6 atom stereocenters. The summed E-state index contributed by atoms with van der Waals surface area (Å²) in [5.41, 5.74) is 3.25. The Morgan fingerprint density at radius 1 is 1.20 bits per heavy atom. The van der Waals surface area contributed by atoms with Gasteiger partial charge in [0.25, 0.3) is 5.91 Å². The third kappa shape index (κ3) is 6.51. The normalized spacial score (nSPS) is 32.0. The Balaban J connectivity index is 1.42. The van der Waals surface area contributed by atoms with Crippen molar-refractivity contribution in [1.29, 1.82) is 0 Å². The predicted octanol–water partition coefficient (Wildman–Crippen LogP) is 5.65. The Bertz CT molecular complexity index is 1560. The molecule has 2 N–H and O–H groups in total. The number of amides is 1. The summed E-state index contributed by atoms with van der Waals surface area (Å²) in [6.07, 6.45) is 7.80. The number of aryl methyl sites for hydroxylation is 1. The minimum atomic E-state index is -4.10. The summed E-state index contributed by atoms with van der Waals surface area (Å²) >= 11 is 6.40. The summed E-state index contributed by atoms with van der Waals surface area (Å²) in [6, 6.07) is 11.4. The number of rotatable bonds is 3. The highest BCUT2D eigenvalue weighted by Gasteiger charge is 2.44. The number of benzene rings is 2. The maximum atomic E-state index is 13.7. The molecule has 45 heavy (non-hydrogen) atoms. The van der Waals surface area contributed by atoms with Crippen LogP contribution in [0.2, 0.25) is 5.02 Å². The van der Waals surface area contributed by atoms with Gasteiger partial charge in [-0.1, -0.05) is 43.7 Å². The zero-order valence-corrected chi connectivity index (χ0v) is 27.9. The van der Waals surface area contributed by atoms with Crippen molar-refractivity contribution in [2.24, 2.45) is 17.8 Å². The van der Waals surface area contributed by atoms with Crippen molar-refractivity contribution < 1.29 is 27.8 Å². The lowest BCUT2D eigenvalue weighted by Gasteiger charge is -2.45. The number of aliphatic hydroxyl groups is 1. The van der Waals surface area contributed by atoms with Crippen LogP contribution in [0, 0.1) is 17.8 Å². The van der Waals surface area contributed by atoms with Gasteiger partial charge in [0.2, 0.25) is 10.0 Å². The highest BCUT2D eigenvalue weighted by atomic mass is 35.5. The van der Waals surface area contributed by atoms with Crippen molar-refractivity contribution in [3.8, 4) is 5.75 Å². The number of methoxy groups -OCH3 is 1. The summed E-state index contributed by atoms with van der Waals surface area (Å²) < 4.78 is 42.1. The van der Waals surface area contributed by atoms with Crippen molar-refractivity contribution >= 4 is 33.2 Å². The molecule has 1 amide bonds. The van der Waals surface area contributed by atoms with E-state index in [1.165, 1.54) is 18.2 Å². The number of carbonyl (C=O) groups is 1. The topological polar surface area (TPSA) is 105 Å². The van der Waals surface area contributed by atoms with E-state index in [0.717, 1.165) is 42.8 Å². The molecule has 0 aromatic heterocycles. The quantitative estimate of drug-likeness (QED) is 0.412. The highest BCUT2D eigenvalue weighted by molar-refractivity contribution is 7.90. The van der Waals surface area contributed by atoms with Crippen LogP contribution < -0.4 is 14.4 Å². The molecule has 1 saturated carbocycles. The second kappa shape index (κ2) is 12.9. The van der Waals surface area contributed by atoms with E-state index < -0.39 is 33.4 Å². The summed E-state index contributed by atoms with van der Waals surface area (Å²) in [5.74, 6) is 0.387. The number of nitrogens with one attached hydrogen (secondary N) is 1. The van der Waals surface area contributed by atoms with Gasteiger partial charge in [-0.25, -0.2) is 13.1 Å². The lowest BCUT2D eigenvalue weighted by atomic mass is 9.68. The molecular formula is C35H45ClN2O6S. The zero-order chi connectivity index (χ0) is 31.9. The molecule has 1 spiro atoms. The highest BCUT2D eigenvalue weighted by Crippen LogP contribution is 2.46. The molecule has 2 aliphatic carbocycles. The first-order chi connectivity index (χ1) is 21.5.